The Morgan fingerprint density at radius 3 is 1.61 bits per heavy atom. The number of aromatic nitrogens is 2. The zero-order valence-electron chi connectivity index (χ0n) is 30.9. The van der Waals surface area contributed by atoms with E-state index in [0.717, 1.165) is 33.7 Å². The van der Waals surface area contributed by atoms with Crippen molar-refractivity contribution in [2.24, 2.45) is 0 Å². The summed E-state index contributed by atoms with van der Waals surface area (Å²) in [5.41, 5.74) is 13.7. The minimum absolute atomic E-state index is 0.107. The summed E-state index contributed by atoms with van der Waals surface area (Å²) in [7, 11) is 0. The van der Waals surface area contributed by atoms with Crippen molar-refractivity contribution >= 4 is 60.3 Å². The van der Waals surface area contributed by atoms with Crippen LogP contribution in [0.15, 0.2) is 199 Å². The average Bonchev–Trinajstić information content (AvgIpc) is 3.94. The smallest absolute Gasteiger partial charge is 0.149 e. The molecular formula is C52H36N4O. The van der Waals surface area contributed by atoms with Crippen LogP contribution in [0.3, 0.4) is 0 Å². The second kappa shape index (κ2) is 12.6. The van der Waals surface area contributed by atoms with Gasteiger partial charge in [0.05, 0.1) is 33.8 Å². The lowest BCUT2D eigenvalue weighted by atomic mass is 9.98. The van der Waals surface area contributed by atoms with E-state index >= 15 is 0 Å². The molecule has 0 fully saturated rings. The first-order chi connectivity index (χ1) is 28.3. The van der Waals surface area contributed by atoms with Gasteiger partial charge in [-0.3, -0.25) is 5.32 Å². The maximum Gasteiger partial charge on any atom is 0.149 e. The predicted molar refractivity (Wildman–Crippen MR) is 235 cm³/mol. The number of fused-ring (bicyclic) bond motifs is 9. The monoisotopic (exact) mass is 732 g/mol. The number of para-hydroxylation sites is 4. The van der Waals surface area contributed by atoms with Gasteiger partial charge < -0.3 is 18.9 Å². The highest BCUT2D eigenvalue weighted by molar-refractivity contribution is 6.12. The van der Waals surface area contributed by atoms with Gasteiger partial charge in [0.2, 0.25) is 0 Å². The van der Waals surface area contributed by atoms with Crippen LogP contribution in [0.2, 0.25) is 0 Å². The predicted octanol–water partition coefficient (Wildman–Crippen LogP) is 13.1. The Kier molecular flexibility index (Phi) is 7.06. The van der Waals surface area contributed by atoms with Crippen LogP contribution in [-0.4, -0.2) is 9.13 Å². The first kappa shape index (κ1) is 32.0. The van der Waals surface area contributed by atoms with E-state index in [9.17, 15) is 0 Å². The van der Waals surface area contributed by atoms with Crippen molar-refractivity contribution in [1.29, 1.82) is 0 Å². The fourth-order valence-electron chi connectivity index (χ4n) is 9.20. The van der Waals surface area contributed by atoms with Gasteiger partial charge in [0.1, 0.15) is 17.5 Å². The Bertz CT molecular complexity index is 3320. The molecule has 270 valence electrons. The highest BCUT2D eigenvalue weighted by atomic mass is 16.3. The fourth-order valence-corrected chi connectivity index (χ4v) is 9.20. The van der Waals surface area contributed by atoms with Crippen LogP contribution in [0.4, 0.5) is 5.69 Å². The molecule has 11 aromatic rings. The van der Waals surface area contributed by atoms with Crippen LogP contribution in [0.5, 0.6) is 0 Å². The van der Waals surface area contributed by atoms with E-state index in [1.807, 2.05) is 12.1 Å². The van der Waals surface area contributed by atoms with Crippen LogP contribution in [0, 0.1) is 0 Å². The van der Waals surface area contributed by atoms with Gasteiger partial charge in [0.15, 0.2) is 0 Å². The van der Waals surface area contributed by atoms with E-state index < -0.39 is 0 Å². The second-order valence-electron chi connectivity index (χ2n) is 15.0. The molecule has 8 aromatic carbocycles. The van der Waals surface area contributed by atoms with Gasteiger partial charge in [0.25, 0.3) is 0 Å². The third-order valence-electron chi connectivity index (χ3n) is 11.8. The molecule has 0 saturated heterocycles. The molecule has 2 N–H and O–H groups in total. The van der Waals surface area contributed by atoms with E-state index in [1.165, 1.54) is 66.0 Å². The molecule has 12 rings (SSSR count). The number of nitrogens with one attached hydrogen (secondary N) is 2. The number of anilines is 1. The molecule has 57 heavy (non-hydrogen) atoms. The van der Waals surface area contributed by atoms with Crippen LogP contribution in [0.25, 0.3) is 77.1 Å². The summed E-state index contributed by atoms with van der Waals surface area (Å²) >= 11 is 0. The van der Waals surface area contributed by atoms with Gasteiger partial charge in [-0.15, -0.1) is 0 Å². The summed E-state index contributed by atoms with van der Waals surface area (Å²) in [6, 6.07) is 69.7. The average molecular weight is 733 g/mol. The summed E-state index contributed by atoms with van der Waals surface area (Å²) in [5, 5.41) is 13.8. The van der Waals surface area contributed by atoms with Crippen molar-refractivity contribution in [1.82, 2.24) is 14.5 Å². The molecule has 1 aliphatic rings. The lowest BCUT2D eigenvalue weighted by Crippen LogP contribution is -2.36. The van der Waals surface area contributed by atoms with Crippen molar-refractivity contribution in [3.63, 3.8) is 0 Å². The van der Waals surface area contributed by atoms with E-state index in [4.69, 9.17) is 4.42 Å². The molecule has 2 atom stereocenters. The molecule has 5 nitrogen and oxygen atoms in total. The van der Waals surface area contributed by atoms with Crippen LogP contribution in [-0.2, 0) is 0 Å². The van der Waals surface area contributed by atoms with Crippen molar-refractivity contribution in [3.8, 4) is 22.5 Å². The number of furan rings is 1. The molecule has 0 bridgehead atoms. The number of nitrogens with zero attached hydrogens (tertiary/aromatic N) is 2. The Hall–Kier alpha value is -7.34. The molecule has 4 heterocycles. The van der Waals surface area contributed by atoms with Crippen molar-refractivity contribution in [2.75, 3.05) is 5.32 Å². The van der Waals surface area contributed by atoms with E-state index in [-0.39, 0.29) is 12.2 Å². The molecule has 2 unspecified atom stereocenters. The quantitative estimate of drug-likeness (QED) is 0.185. The molecule has 0 saturated carbocycles. The van der Waals surface area contributed by atoms with Gasteiger partial charge in [0, 0.05) is 38.3 Å². The third-order valence-corrected chi connectivity index (χ3v) is 11.8. The van der Waals surface area contributed by atoms with Gasteiger partial charge in [-0.2, -0.15) is 0 Å². The van der Waals surface area contributed by atoms with Crippen LogP contribution >= 0.6 is 0 Å². The van der Waals surface area contributed by atoms with Crippen LogP contribution in [0.1, 0.15) is 29.1 Å². The van der Waals surface area contributed by atoms with E-state index in [1.54, 1.807) is 0 Å². The standard InChI is InChI=1S/C52H36N4O/c1-3-14-33(15-4-1)49-51-50(41-22-9-12-25-48(41)57-51)54-52(53-49)36-16-13-19-38(30-36)56-45-24-11-8-21-40(45)43-32-35(27-29-47(43)56)34-26-28-46-42(31-34)39-20-7-10-23-44(39)55(46)37-17-5-2-6-18-37/h1-32,49,52-54H. The molecule has 5 heteroatoms. The maximum atomic E-state index is 6.49. The summed E-state index contributed by atoms with van der Waals surface area (Å²) in [4.78, 5) is 0. The molecule has 0 spiro atoms. The summed E-state index contributed by atoms with van der Waals surface area (Å²) in [6.45, 7) is 0. The minimum Gasteiger partial charge on any atom is -0.457 e. The molecule has 0 amide bonds. The van der Waals surface area contributed by atoms with Crippen molar-refractivity contribution in [2.45, 2.75) is 12.2 Å². The SMILES string of the molecule is c1ccc(C2NC(c3cccc(-n4c5ccccc5c5cc(-c6ccc7c(c6)c6ccccc6n7-c6ccccc6)ccc54)c3)Nc3c2oc2ccccc32)cc1. The highest BCUT2D eigenvalue weighted by Gasteiger charge is 2.33. The number of hydrogen-bond acceptors (Lipinski definition) is 3. The fraction of sp³-hybridized carbons (Fsp3) is 0.0385. The Labute approximate surface area is 329 Å². The lowest BCUT2D eigenvalue weighted by molar-refractivity contribution is 0.422. The Morgan fingerprint density at radius 1 is 0.404 bits per heavy atom. The Morgan fingerprint density at radius 2 is 0.930 bits per heavy atom. The van der Waals surface area contributed by atoms with Crippen molar-refractivity contribution < 1.29 is 4.42 Å². The number of hydrogen-bond donors (Lipinski definition) is 2. The van der Waals surface area contributed by atoms with Crippen molar-refractivity contribution in [3.05, 3.63) is 211 Å². The van der Waals surface area contributed by atoms with Crippen LogP contribution < -0.4 is 10.6 Å². The second-order valence-corrected chi connectivity index (χ2v) is 15.0. The largest absolute Gasteiger partial charge is 0.457 e. The molecular weight excluding hydrogens is 697 g/mol. The van der Waals surface area contributed by atoms with E-state index in [0.29, 0.717) is 0 Å². The van der Waals surface area contributed by atoms with Gasteiger partial charge in [-0.25, -0.2) is 0 Å². The first-order valence-corrected chi connectivity index (χ1v) is 19.6. The number of benzene rings is 8. The molecule has 0 aliphatic carbocycles. The van der Waals surface area contributed by atoms with E-state index in [2.05, 4.69) is 202 Å². The maximum absolute atomic E-state index is 6.49. The minimum atomic E-state index is -0.147. The molecule has 1 aliphatic heterocycles. The zero-order valence-corrected chi connectivity index (χ0v) is 30.9. The molecule has 0 radical (unpaired) electrons. The van der Waals surface area contributed by atoms with Gasteiger partial charge in [-0.1, -0.05) is 121 Å². The third kappa shape index (κ3) is 4.99. The van der Waals surface area contributed by atoms with Gasteiger partial charge in [-0.05, 0) is 95.1 Å². The lowest BCUT2D eigenvalue weighted by Gasteiger charge is -2.32. The zero-order chi connectivity index (χ0) is 37.5. The highest BCUT2D eigenvalue weighted by Crippen LogP contribution is 2.44. The molecule has 3 aromatic heterocycles. The summed E-state index contributed by atoms with van der Waals surface area (Å²) in [6.07, 6.45) is -0.147. The Balaban J connectivity index is 0.968. The first-order valence-electron chi connectivity index (χ1n) is 19.6. The summed E-state index contributed by atoms with van der Waals surface area (Å²) < 4.78 is 11.3. The number of rotatable bonds is 5. The topological polar surface area (TPSA) is 47.1 Å². The van der Waals surface area contributed by atoms with Gasteiger partial charge >= 0.3 is 0 Å². The summed E-state index contributed by atoms with van der Waals surface area (Å²) in [5.74, 6) is 0.911. The normalized spacial score (nSPS) is 15.4.